The van der Waals surface area contributed by atoms with Crippen LogP contribution in [0.2, 0.25) is 0 Å². The SMILES string of the molecule is Cc1c(C(=O)NCCc2cccc(F)c2)sc2nc(Cc3ccccc3)[nH]c(=O)c12. The third-order valence-corrected chi connectivity index (χ3v) is 6.04. The van der Waals surface area contributed by atoms with Crippen LogP contribution in [0.15, 0.2) is 59.4 Å². The van der Waals surface area contributed by atoms with Gasteiger partial charge in [0.05, 0.1) is 10.3 Å². The number of hydrogen-bond acceptors (Lipinski definition) is 4. The number of fused-ring (bicyclic) bond motifs is 1. The van der Waals surface area contributed by atoms with Crippen molar-refractivity contribution in [3.05, 3.63) is 98.2 Å². The summed E-state index contributed by atoms with van der Waals surface area (Å²) in [6.45, 7) is 2.13. The zero-order chi connectivity index (χ0) is 21.1. The number of rotatable bonds is 6. The molecule has 0 aliphatic rings. The molecular formula is C23H20FN3O2S. The molecule has 2 aromatic carbocycles. The van der Waals surface area contributed by atoms with Crippen LogP contribution >= 0.6 is 11.3 Å². The number of thiophene rings is 1. The van der Waals surface area contributed by atoms with E-state index in [1.165, 1.54) is 23.5 Å². The third-order valence-electron chi connectivity index (χ3n) is 4.86. The van der Waals surface area contributed by atoms with Gasteiger partial charge >= 0.3 is 0 Å². The Bertz CT molecular complexity index is 1260. The minimum absolute atomic E-state index is 0.238. The van der Waals surface area contributed by atoms with E-state index in [4.69, 9.17) is 0 Å². The van der Waals surface area contributed by atoms with Gasteiger partial charge in [-0.05, 0) is 42.2 Å². The van der Waals surface area contributed by atoms with E-state index in [1.807, 2.05) is 36.4 Å². The summed E-state index contributed by atoms with van der Waals surface area (Å²) >= 11 is 1.22. The first-order chi connectivity index (χ1) is 14.5. The van der Waals surface area contributed by atoms with Gasteiger partial charge in [0.1, 0.15) is 16.5 Å². The van der Waals surface area contributed by atoms with Gasteiger partial charge in [0.25, 0.3) is 11.5 Å². The van der Waals surface area contributed by atoms with Crippen LogP contribution in [0.1, 0.15) is 32.2 Å². The Hall–Kier alpha value is -3.32. The lowest BCUT2D eigenvalue weighted by molar-refractivity contribution is 0.0957. The van der Waals surface area contributed by atoms with Crippen molar-refractivity contribution in [3.63, 3.8) is 0 Å². The summed E-state index contributed by atoms with van der Waals surface area (Å²) in [6.07, 6.45) is 1.03. The van der Waals surface area contributed by atoms with Crippen molar-refractivity contribution in [3.8, 4) is 0 Å². The standard InChI is InChI=1S/C23H20FN3O2S/c1-14-19-21(28)26-18(13-15-6-3-2-4-7-15)27-23(19)30-20(14)22(29)25-11-10-16-8-5-9-17(24)12-16/h2-9,12H,10-11,13H2,1H3,(H,25,29)(H,26,27,28). The molecule has 2 aromatic heterocycles. The molecular weight excluding hydrogens is 401 g/mol. The highest BCUT2D eigenvalue weighted by Crippen LogP contribution is 2.27. The number of benzene rings is 2. The van der Waals surface area contributed by atoms with Gasteiger partial charge in [-0.15, -0.1) is 11.3 Å². The van der Waals surface area contributed by atoms with Crippen LogP contribution in [0.3, 0.4) is 0 Å². The first-order valence-electron chi connectivity index (χ1n) is 9.60. The molecule has 7 heteroatoms. The molecule has 30 heavy (non-hydrogen) atoms. The highest BCUT2D eigenvalue weighted by Gasteiger charge is 2.19. The van der Waals surface area contributed by atoms with E-state index in [0.29, 0.717) is 45.9 Å². The molecule has 5 nitrogen and oxygen atoms in total. The number of aryl methyl sites for hydroxylation is 1. The molecule has 2 N–H and O–H groups in total. The zero-order valence-electron chi connectivity index (χ0n) is 16.4. The fourth-order valence-electron chi connectivity index (χ4n) is 3.37. The number of aromatic amines is 1. The van der Waals surface area contributed by atoms with E-state index < -0.39 is 0 Å². The van der Waals surface area contributed by atoms with Crippen molar-refractivity contribution in [1.29, 1.82) is 0 Å². The summed E-state index contributed by atoms with van der Waals surface area (Å²) in [5, 5.41) is 3.30. The Balaban J connectivity index is 1.52. The van der Waals surface area contributed by atoms with Gasteiger partial charge in [-0.3, -0.25) is 9.59 Å². The molecule has 0 saturated carbocycles. The topological polar surface area (TPSA) is 74.8 Å². The molecule has 0 spiro atoms. The molecule has 4 aromatic rings. The van der Waals surface area contributed by atoms with Crippen molar-refractivity contribution >= 4 is 27.5 Å². The molecule has 0 atom stereocenters. The molecule has 0 bridgehead atoms. The third kappa shape index (κ3) is 4.31. The van der Waals surface area contributed by atoms with E-state index in [2.05, 4.69) is 15.3 Å². The molecule has 4 rings (SSSR count). The van der Waals surface area contributed by atoms with Gasteiger partial charge in [0, 0.05) is 13.0 Å². The highest BCUT2D eigenvalue weighted by molar-refractivity contribution is 7.20. The number of aromatic nitrogens is 2. The summed E-state index contributed by atoms with van der Waals surface area (Å²) in [5.41, 5.74) is 2.24. The lowest BCUT2D eigenvalue weighted by Crippen LogP contribution is -2.25. The smallest absolute Gasteiger partial charge is 0.261 e. The van der Waals surface area contributed by atoms with E-state index in [-0.39, 0.29) is 17.3 Å². The highest BCUT2D eigenvalue weighted by atomic mass is 32.1. The van der Waals surface area contributed by atoms with Gasteiger partial charge in [-0.2, -0.15) is 0 Å². The number of carbonyl (C=O) groups is 1. The summed E-state index contributed by atoms with van der Waals surface area (Å²) in [6, 6.07) is 16.1. The van der Waals surface area contributed by atoms with E-state index in [1.54, 1.807) is 13.0 Å². The van der Waals surface area contributed by atoms with Gasteiger partial charge < -0.3 is 10.3 Å². The number of amides is 1. The molecule has 0 aliphatic carbocycles. The predicted octanol–water partition coefficient (Wildman–Crippen LogP) is 4.00. The maximum atomic E-state index is 13.3. The monoisotopic (exact) mass is 421 g/mol. The van der Waals surface area contributed by atoms with Gasteiger partial charge in [-0.1, -0.05) is 42.5 Å². The number of hydrogen-bond donors (Lipinski definition) is 2. The second-order valence-corrected chi connectivity index (χ2v) is 8.05. The summed E-state index contributed by atoms with van der Waals surface area (Å²) < 4.78 is 13.3. The van der Waals surface area contributed by atoms with Crippen LogP contribution in [-0.4, -0.2) is 22.4 Å². The predicted molar refractivity (Wildman–Crippen MR) is 117 cm³/mol. The normalized spacial score (nSPS) is 11.0. The lowest BCUT2D eigenvalue weighted by Gasteiger charge is -2.05. The van der Waals surface area contributed by atoms with Crippen LogP contribution in [-0.2, 0) is 12.8 Å². The molecule has 0 saturated heterocycles. The molecule has 2 heterocycles. The number of H-pyrrole nitrogens is 1. The van der Waals surface area contributed by atoms with Crippen molar-refractivity contribution in [2.75, 3.05) is 6.54 Å². The number of halogens is 1. The lowest BCUT2D eigenvalue weighted by atomic mass is 10.1. The fourth-order valence-corrected chi connectivity index (χ4v) is 4.49. The van der Waals surface area contributed by atoms with Crippen molar-refractivity contribution in [1.82, 2.24) is 15.3 Å². The van der Waals surface area contributed by atoms with Crippen LogP contribution in [0.25, 0.3) is 10.2 Å². The number of nitrogens with one attached hydrogen (secondary N) is 2. The van der Waals surface area contributed by atoms with Crippen molar-refractivity contribution < 1.29 is 9.18 Å². The van der Waals surface area contributed by atoms with Crippen molar-refractivity contribution in [2.45, 2.75) is 19.8 Å². The Kier molecular flexibility index (Phi) is 5.72. The van der Waals surface area contributed by atoms with E-state index in [9.17, 15) is 14.0 Å². The molecule has 152 valence electrons. The zero-order valence-corrected chi connectivity index (χ0v) is 17.2. The maximum absolute atomic E-state index is 13.3. The fraction of sp³-hybridized carbons (Fsp3) is 0.174. The number of carbonyl (C=O) groups excluding carboxylic acids is 1. The molecule has 0 fully saturated rings. The first-order valence-corrected chi connectivity index (χ1v) is 10.4. The van der Waals surface area contributed by atoms with E-state index >= 15 is 0 Å². The van der Waals surface area contributed by atoms with Crippen molar-refractivity contribution in [2.24, 2.45) is 0 Å². The first kappa shape index (κ1) is 20.0. The average Bonchev–Trinajstić information content (AvgIpc) is 3.05. The molecule has 0 aliphatic heterocycles. The van der Waals surface area contributed by atoms with E-state index in [0.717, 1.165) is 11.1 Å². The maximum Gasteiger partial charge on any atom is 0.261 e. The Labute approximate surface area is 176 Å². The minimum atomic E-state index is -0.296. The largest absolute Gasteiger partial charge is 0.351 e. The minimum Gasteiger partial charge on any atom is -0.351 e. The second kappa shape index (κ2) is 8.59. The Morgan fingerprint density at radius 1 is 1.13 bits per heavy atom. The summed E-state index contributed by atoms with van der Waals surface area (Å²) in [4.78, 5) is 33.7. The van der Waals surface area contributed by atoms with Gasteiger partial charge in [-0.25, -0.2) is 9.37 Å². The van der Waals surface area contributed by atoms with Gasteiger partial charge in [0.15, 0.2) is 0 Å². The Morgan fingerprint density at radius 3 is 2.67 bits per heavy atom. The summed E-state index contributed by atoms with van der Waals surface area (Å²) in [5.74, 6) is 0.0182. The van der Waals surface area contributed by atoms with Gasteiger partial charge in [0.2, 0.25) is 0 Å². The summed E-state index contributed by atoms with van der Waals surface area (Å²) in [7, 11) is 0. The Morgan fingerprint density at radius 2 is 1.90 bits per heavy atom. The van der Waals surface area contributed by atoms with Crippen LogP contribution < -0.4 is 10.9 Å². The van der Waals surface area contributed by atoms with Crippen LogP contribution in [0, 0.1) is 12.7 Å². The van der Waals surface area contributed by atoms with Crippen LogP contribution in [0.5, 0.6) is 0 Å². The van der Waals surface area contributed by atoms with Crippen LogP contribution in [0.4, 0.5) is 4.39 Å². The number of nitrogens with zero attached hydrogens (tertiary/aromatic N) is 1. The average molecular weight is 421 g/mol. The quantitative estimate of drug-likeness (QED) is 0.494. The molecule has 0 radical (unpaired) electrons. The second-order valence-electron chi connectivity index (χ2n) is 7.05. The molecule has 0 unspecified atom stereocenters. The molecule has 1 amide bonds.